The van der Waals surface area contributed by atoms with Crippen LogP contribution in [0.25, 0.3) is 0 Å². The van der Waals surface area contributed by atoms with E-state index in [2.05, 4.69) is 10.0 Å². The fraction of sp³-hybridized carbons (Fsp3) is 0.588. The molecule has 3 atom stereocenters. The van der Waals surface area contributed by atoms with Crippen LogP contribution >= 0.6 is 11.6 Å². The summed E-state index contributed by atoms with van der Waals surface area (Å²) < 4.78 is 32.8. The van der Waals surface area contributed by atoms with Crippen molar-refractivity contribution in [1.82, 2.24) is 10.0 Å². The largest absolute Gasteiger partial charge is 0.394 e. The molecule has 0 bridgehead atoms. The molecule has 3 N–H and O–H groups in total. The molecule has 1 aromatic carbocycles. The number of hydrogen-bond donors (Lipinski definition) is 3. The van der Waals surface area contributed by atoms with Gasteiger partial charge in [0.05, 0.1) is 23.6 Å². The number of aliphatic hydroxyl groups excluding tert-OH is 1. The second-order valence-corrected chi connectivity index (χ2v) is 8.43. The van der Waals surface area contributed by atoms with E-state index in [0.717, 1.165) is 0 Å². The normalized spacial score (nSPS) is 23.6. The number of ether oxygens (including phenoxy) is 1. The van der Waals surface area contributed by atoms with E-state index in [4.69, 9.17) is 16.3 Å². The second-order valence-electron chi connectivity index (χ2n) is 6.22. The highest BCUT2D eigenvalue weighted by Crippen LogP contribution is 2.22. The Morgan fingerprint density at radius 1 is 1.31 bits per heavy atom. The number of halogens is 1. The molecule has 9 heteroatoms. The zero-order chi connectivity index (χ0) is 19.2. The van der Waals surface area contributed by atoms with Gasteiger partial charge in [0, 0.05) is 18.0 Å². The lowest BCUT2D eigenvalue weighted by Gasteiger charge is -2.36. The Kier molecular flexibility index (Phi) is 7.85. The fourth-order valence-electron chi connectivity index (χ4n) is 2.87. The highest BCUT2D eigenvalue weighted by Gasteiger charge is 2.31. The minimum absolute atomic E-state index is 0.0776. The van der Waals surface area contributed by atoms with Gasteiger partial charge in [-0.3, -0.25) is 4.79 Å². The Bertz CT molecular complexity index is 696. The Balaban J connectivity index is 1.83. The molecule has 0 aliphatic carbocycles. The third-order valence-corrected chi connectivity index (χ3v) is 6.07. The number of hydrogen-bond acceptors (Lipinski definition) is 5. The van der Waals surface area contributed by atoms with Crippen molar-refractivity contribution in [3.8, 4) is 0 Å². The third-order valence-electron chi connectivity index (χ3n) is 4.35. The van der Waals surface area contributed by atoms with Gasteiger partial charge < -0.3 is 15.2 Å². The van der Waals surface area contributed by atoms with Crippen LogP contribution in [0.2, 0.25) is 5.02 Å². The van der Waals surface area contributed by atoms with Gasteiger partial charge in [0.15, 0.2) is 0 Å². The van der Waals surface area contributed by atoms with Gasteiger partial charge in [-0.25, -0.2) is 13.1 Å². The Labute approximate surface area is 159 Å². The zero-order valence-electron chi connectivity index (χ0n) is 14.7. The number of carbonyl (C=O) groups is 1. The molecule has 7 nitrogen and oxygen atoms in total. The molecule has 1 fully saturated rings. The van der Waals surface area contributed by atoms with Crippen LogP contribution in [0.1, 0.15) is 32.6 Å². The molecule has 26 heavy (non-hydrogen) atoms. The summed E-state index contributed by atoms with van der Waals surface area (Å²) in [5, 5.41) is 12.8. The van der Waals surface area contributed by atoms with Gasteiger partial charge in [-0.15, -0.1) is 0 Å². The maximum Gasteiger partial charge on any atom is 0.240 e. The highest BCUT2D eigenvalue weighted by molar-refractivity contribution is 7.89. The molecule has 1 aromatic rings. The molecule has 0 aromatic heterocycles. The van der Waals surface area contributed by atoms with Crippen molar-refractivity contribution in [3.63, 3.8) is 0 Å². The monoisotopic (exact) mass is 404 g/mol. The van der Waals surface area contributed by atoms with E-state index in [1.54, 1.807) is 6.92 Å². The lowest BCUT2D eigenvalue weighted by atomic mass is 9.97. The van der Waals surface area contributed by atoms with Crippen LogP contribution < -0.4 is 10.0 Å². The number of sulfonamides is 1. The number of amides is 1. The van der Waals surface area contributed by atoms with E-state index in [-0.39, 0.29) is 36.1 Å². The Morgan fingerprint density at radius 2 is 2.00 bits per heavy atom. The van der Waals surface area contributed by atoms with Crippen LogP contribution in [0.4, 0.5) is 0 Å². The lowest BCUT2D eigenvalue weighted by molar-refractivity contribution is -0.128. The average Bonchev–Trinajstić information content (AvgIpc) is 2.62. The van der Waals surface area contributed by atoms with Crippen molar-refractivity contribution in [2.75, 3.05) is 13.2 Å². The fourth-order valence-corrected chi connectivity index (χ4v) is 4.04. The Morgan fingerprint density at radius 3 is 2.62 bits per heavy atom. The molecule has 1 aliphatic heterocycles. The zero-order valence-corrected chi connectivity index (χ0v) is 16.2. The Hall–Kier alpha value is -1.19. The maximum absolute atomic E-state index is 12.2. The van der Waals surface area contributed by atoms with Gasteiger partial charge in [-0.2, -0.15) is 0 Å². The van der Waals surface area contributed by atoms with Crippen molar-refractivity contribution in [2.24, 2.45) is 0 Å². The number of nitrogens with one attached hydrogen (secondary N) is 2. The molecule has 1 aliphatic rings. The summed E-state index contributed by atoms with van der Waals surface area (Å²) in [7, 11) is -3.60. The quantitative estimate of drug-likeness (QED) is 0.608. The van der Waals surface area contributed by atoms with Crippen LogP contribution in [-0.2, 0) is 19.6 Å². The number of rotatable bonds is 8. The summed E-state index contributed by atoms with van der Waals surface area (Å²) in [5.41, 5.74) is 0. The lowest BCUT2D eigenvalue weighted by Crippen LogP contribution is -2.51. The molecule has 146 valence electrons. The van der Waals surface area contributed by atoms with Gasteiger partial charge in [0.1, 0.15) is 6.10 Å². The molecule has 0 unspecified atom stereocenters. The summed E-state index contributed by atoms with van der Waals surface area (Å²) in [5.74, 6) is -0.0776. The summed E-state index contributed by atoms with van der Waals surface area (Å²) in [6.45, 7) is 1.80. The molecule has 0 radical (unpaired) electrons. The van der Waals surface area contributed by atoms with E-state index < -0.39 is 16.1 Å². The minimum Gasteiger partial charge on any atom is -0.394 e. The van der Waals surface area contributed by atoms with Crippen LogP contribution in [0.3, 0.4) is 0 Å². The van der Waals surface area contributed by atoms with Gasteiger partial charge >= 0.3 is 0 Å². The van der Waals surface area contributed by atoms with Crippen LogP contribution in [0.5, 0.6) is 0 Å². The van der Waals surface area contributed by atoms with Crippen molar-refractivity contribution in [2.45, 2.75) is 55.8 Å². The van der Waals surface area contributed by atoms with Crippen molar-refractivity contribution < 1.29 is 23.1 Å². The first kappa shape index (κ1) is 21.1. The van der Waals surface area contributed by atoms with Gasteiger partial charge in [0.2, 0.25) is 15.9 Å². The van der Waals surface area contributed by atoms with Gasteiger partial charge in [-0.05, 0) is 43.5 Å². The maximum atomic E-state index is 12.2. The topological polar surface area (TPSA) is 105 Å². The van der Waals surface area contributed by atoms with Crippen LogP contribution in [0.15, 0.2) is 29.2 Å². The molecule has 1 heterocycles. The van der Waals surface area contributed by atoms with Crippen molar-refractivity contribution in [1.29, 1.82) is 0 Å². The molecular formula is C17H25ClN2O5S. The van der Waals surface area contributed by atoms with Crippen molar-refractivity contribution >= 4 is 27.5 Å². The van der Waals surface area contributed by atoms with E-state index >= 15 is 0 Å². The molecule has 0 saturated carbocycles. The SMILES string of the molecule is CCC(=O)N[C@@H]1CC[C@H](CCNS(=O)(=O)c2ccc(Cl)cc2)O[C@H]1CO. The predicted octanol–water partition coefficient (Wildman–Crippen LogP) is 1.44. The number of carbonyl (C=O) groups excluding carboxylic acids is 1. The van der Waals surface area contributed by atoms with Crippen LogP contribution in [-0.4, -0.2) is 50.8 Å². The number of aliphatic hydroxyl groups is 1. The molecular weight excluding hydrogens is 380 g/mol. The molecule has 1 amide bonds. The average molecular weight is 405 g/mol. The summed E-state index contributed by atoms with van der Waals surface area (Å²) in [6.07, 6.45) is 1.59. The highest BCUT2D eigenvalue weighted by atomic mass is 35.5. The predicted molar refractivity (Wildman–Crippen MR) is 98.5 cm³/mol. The minimum atomic E-state index is -3.60. The molecule has 0 spiro atoms. The smallest absolute Gasteiger partial charge is 0.240 e. The first-order chi connectivity index (χ1) is 12.4. The molecule has 1 saturated heterocycles. The van der Waals surface area contributed by atoms with Crippen LogP contribution in [0, 0.1) is 0 Å². The third kappa shape index (κ3) is 5.92. The van der Waals surface area contributed by atoms with E-state index in [1.807, 2.05) is 0 Å². The first-order valence-corrected chi connectivity index (χ1v) is 10.5. The van der Waals surface area contributed by atoms with E-state index in [9.17, 15) is 18.3 Å². The van der Waals surface area contributed by atoms with E-state index in [0.29, 0.717) is 30.7 Å². The van der Waals surface area contributed by atoms with Gasteiger partial charge in [-0.1, -0.05) is 18.5 Å². The summed E-state index contributed by atoms with van der Waals surface area (Å²) in [4.78, 5) is 11.7. The van der Waals surface area contributed by atoms with Crippen molar-refractivity contribution in [3.05, 3.63) is 29.3 Å². The summed E-state index contributed by atoms with van der Waals surface area (Å²) >= 11 is 5.77. The van der Waals surface area contributed by atoms with E-state index in [1.165, 1.54) is 24.3 Å². The standard InChI is InChI=1S/C17H25ClN2O5S/c1-2-17(22)20-15-8-5-13(25-16(15)11-21)9-10-19-26(23,24)14-6-3-12(18)4-7-14/h3-4,6-7,13,15-16,19,21H,2,5,8-11H2,1H3,(H,20,22)/t13-,15-,16+/m1/s1. The summed E-state index contributed by atoms with van der Waals surface area (Å²) in [6, 6.07) is 5.73. The molecule has 2 rings (SSSR count). The second kappa shape index (κ2) is 9.66. The first-order valence-electron chi connectivity index (χ1n) is 8.66. The van der Waals surface area contributed by atoms with Gasteiger partial charge in [0.25, 0.3) is 0 Å². The number of benzene rings is 1.